The van der Waals surface area contributed by atoms with Gasteiger partial charge in [0.15, 0.2) is 0 Å². The molecular weight excluding hydrogens is 217 g/mol. The van der Waals surface area contributed by atoms with E-state index < -0.39 is 0 Å². The van der Waals surface area contributed by atoms with Crippen LogP contribution in [0.1, 0.15) is 37.8 Å². The van der Waals surface area contributed by atoms with E-state index in [1.165, 1.54) is 6.07 Å². The van der Waals surface area contributed by atoms with Crippen LogP contribution in [-0.2, 0) is 17.9 Å². The van der Waals surface area contributed by atoms with Gasteiger partial charge in [-0.15, -0.1) is 0 Å². The van der Waals surface area contributed by atoms with Crippen molar-refractivity contribution in [2.24, 2.45) is 11.7 Å². The summed E-state index contributed by atoms with van der Waals surface area (Å²) < 4.78 is 19.1. The molecule has 0 heterocycles. The van der Waals surface area contributed by atoms with Crippen molar-refractivity contribution in [2.75, 3.05) is 6.61 Å². The average Bonchev–Trinajstić information content (AvgIpc) is 2.36. The fraction of sp³-hybridized carbons (Fsp3) is 0.571. The molecule has 2 N–H and O–H groups in total. The summed E-state index contributed by atoms with van der Waals surface area (Å²) in [4.78, 5) is 0. The molecule has 0 aliphatic carbocycles. The number of ether oxygens (including phenoxy) is 1. The molecule has 1 rings (SSSR count). The van der Waals surface area contributed by atoms with Crippen LogP contribution in [-0.4, -0.2) is 6.61 Å². The normalized spacial score (nSPS) is 11.1. The predicted octanol–water partition coefficient (Wildman–Crippen LogP) is 3.24. The third-order valence-electron chi connectivity index (χ3n) is 3.12. The highest BCUT2D eigenvalue weighted by atomic mass is 19.1. The van der Waals surface area contributed by atoms with E-state index in [9.17, 15) is 4.39 Å². The Morgan fingerprint density at radius 2 is 2.00 bits per heavy atom. The van der Waals surface area contributed by atoms with Crippen molar-refractivity contribution in [3.05, 3.63) is 35.1 Å². The molecule has 1 aromatic rings. The topological polar surface area (TPSA) is 35.2 Å². The molecule has 96 valence electrons. The Hall–Kier alpha value is -0.930. The third kappa shape index (κ3) is 4.44. The quantitative estimate of drug-likeness (QED) is 0.792. The Balaban J connectivity index is 2.46. The summed E-state index contributed by atoms with van der Waals surface area (Å²) in [6.45, 7) is 5.70. The van der Waals surface area contributed by atoms with E-state index in [2.05, 4.69) is 13.8 Å². The number of hydrogen-bond donors (Lipinski definition) is 1. The average molecular weight is 239 g/mol. The Morgan fingerprint density at radius 3 is 2.53 bits per heavy atom. The van der Waals surface area contributed by atoms with Crippen LogP contribution in [0.5, 0.6) is 0 Å². The standard InChI is InChI=1S/C14H22FNO/c1-3-11(4-2)9-17-10-13-6-5-12(8-16)7-14(13)15/h5-7,11H,3-4,8-10,16H2,1-2H3. The summed E-state index contributed by atoms with van der Waals surface area (Å²) in [6, 6.07) is 5.08. The lowest BCUT2D eigenvalue weighted by Gasteiger charge is -2.13. The first-order valence-corrected chi connectivity index (χ1v) is 6.26. The van der Waals surface area contributed by atoms with E-state index in [0.29, 0.717) is 31.2 Å². The molecule has 0 radical (unpaired) electrons. The largest absolute Gasteiger partial charge is 0.376 e. The zero-order valence-electron chi connectivity index (χ0n) is 10.7. The summed E-state index contributed by atoms with van der Waals surface area (Å²) in [5.41, 5.74) is 6.86. The van der Waals surface area contributed by atoms with Gasteiger partial charge >= 0.3 is 0 Å². The van der Waals surface area contributed by atoms with Gasteiger partial charge in [-0.1, -0.05) is 38.8 Å². The van der Waals surface area contributed by atoms with Gasteiger partial charge in [-0.3, -0.25) is 0 Å². The number of benzene rings is 1. The van der Waals surface area contributed by atoms with E-state index in [4.69, 9.17) is 10.5 Å². The van der Waals surface area contributed by atoms with Crippen LogP contribution in [0.4, 0.5) is 4.39 Å². The van der Waals surface area contributed by atoms with Crippen molar-refractivity contribution in [1.29, 1.82) is 0 Å². The van der Waals surface area contributed by atoms with Gasteiger partial charge in [0.05, 0.1) is 6.61 Å². The number of halogens is 1. The van der Waals surface area contributed by atoms with Gasteiger partial charge in [0.1, 0.15) is 5.82 Å². The van der Waals surface area contributed by atoms with Crippen LogP contribution in [0.2, 0.25) is 0 Å². The smallest absolute Gasteiger partial charge is 0.129 e. The summed E-state index contributed by atoms with van der Waals surface area (Å²) in [7, 11) is 0. The van der Waals surface area contributed by atoms with E-state index in [0.717, 1.165) is 18.4 Å². The van der Waals surface area contributed by atoms with Gasteiger partial charge in [0.2, 0.25) is 0 Å². The molecule has 0 fully saturated rings. The highest BCUT2D eigenvalue weighted by Crippen LogP contribution is 2.13. The van der Waals surface area contributed by atoms with Gasteiger partial charge < -0.3 is 10.5 Å². The highest BCUT2D eigenvalue weighted by Gasteiger charge is 2.06. The first-order valence-electron chi connectivity index (χ1n) is 6.26. The fourth-order valence-corrected chi connectivity index (χ4v) is 1.69. The summed E-state index contributed by atoms with van der Waals surface area (Å²) in [5.74, 6) is 0.346. The molecule has 0 spiro atoms. The predicted molar refractivity (Wildman–Crippen MR) is 68.0 cm³/mol. The molecule has 0 unspecified atom stereocenters. The van der Waals surface area contributed by atoms with Crippen LogP contribution in [0.25, 0.3) is 0 Å². The second-order valence-electron chi connectivity index (χ2n) is 4.33. The Bertz CT molecular complexity index is 337. The second-order valence-corrected chi connectivity index (χ2v) is 4.33. The lowest BCUT2D eigenvalue weighted by atomic mass is 10.1. The van der Waals surface area contributed by atoms with Crippen LogP contribution in [0.3, 0.4) is 0 Å². The maximum absolute atomic E-state index is 13.6. The van der Waals surface area contributed by atoms with Crippen molar-refractivity contribution in [1.82, 2.24) is 0 Å². The molecule has 0 aromatic heterocycles. The van der Waals surface area contributed by atoms with E-state index >= 15 is 0 Å². The van der Waals surface area contributed by atoms with E-state index in [1.807, 2.05) is 6.07 Å². The number of rotatable bonds is 7. The van der Waals surface area contributed by atoms with Crippen LogP contribution >= 0.6 is 0 Å². The van der Waals surface area contributed by atoms with Crippen molar-refractivity contribution in [3.63, 3.8) is 0 Å². The van der Waals surface area contributed by atoms with Gasteiger partial charge in [-0.25, -0.2) is 4.39 Å². The number of nitrogens with two attached hydrogens (primary N) is 1. The Kier molecular flexibility index (Phi) is 6.16. The van der Waals surface area contributed by atoms with E-state index in [-0.39, 0.29) is 5.82 Å². The molecule has 0 bridgehead atoms. The third-order valence-corrected chi connectivity index (χ3v) is 3.12. The molecule has 0 saturated carbocycles. The molecule has 0 saturated heterocycles. The molecule has 1 aromatic carbocycles. The van der Waals surface area contributed by atoms with Gasteiger partial charge in [-0.05, 0) is 17.5 Å². The minimum atomic E-state index is -0.225. The van der Waals surface area contributed by atoms with Crippen LogP contribution in [0, 0.1) is 11.7 Å². The molecule has 17 heavy (non-hydrogen) atoms. The van der Waals surface area contributed by atoms with Crippen molar-refractivity contribution in [3.8, 4) is 0 Å². The summed E-state index contributed by atoms with van der Waals surface area (Å²) in [6.07, 6.45) is 2.20. The molecule has 2 nitrogen and oxygen atoms in total. The fourth-order valence-electron chi connectivity index (χ4n) is 1.69. The zero-order chi connectivity index (χ0) is 12.7. The van der Waals surface area contributed by atoms with Gasteiger partial charge in [0, 0.05) is 18.7 Å². The molecule has 0 aliphatic rings. The minimum Gasteiger partial charge on any atom is -0.376 e. The monoisotopic (exact) mass is 239 g/mol. The van der Waals surface area contributed by atoms with Gasteiger partial charge in [-0.2, -0.15) is 0 Å². The maximum Gasteiger partial charge on any atom is 0.129 e. The Morgan fingerprint density at radius 1 is 1.29 bits per heavy atom. The molecule has 3 heteroatoms. The van der Waals surface area contributed by atoms with Gasteiger partial charge in [0.25, 0.3) is 0 Å². The lowest BCUT2D eigenvalue weighted by molar-refractivity contribution is 0.0825. The highest BCUT2D eigenvalue weighted by molar-refractivity contribution is 5.23. The Labute approximate surface area is 103 Å². The SMILES string of the molecule is CCC(CC)COCc1ccc(CN)cc1F. The van der Waals surface area contributed by atoms with E-state index in [1.54, 1.807) is 6.07 Å². The molecule has 0 amide bonds. The lowest BCUT2D eigenvalue weighted by Crippen LogP contribution is -2.08. The van der Waals surface area contributed by atoms with Crippen molar-refractivity contribution < 1.29 is 9.13 Å². The summed E-state index contributed by atoms with van der Waals surface area (Å²) in [5, 5.41) is 0. The first-order chi connectivity index (χ1) is 8.21. The molecule has 0 aliphatic heterocycles. The first kappa shape index (κ1) is 14.1. The second kappa shape index (κ2) is 7.41. The maximum atomic E-state index is 13.6. The van der Waals surface area contributed by atoms with Crippen LogP contribution in [0.15, 0.2) is 18.2 Å². The summed E-state index contributed by atoms with van der Waals surface area (Å²) >= 11 is 0. The number of hydrogen-bond acceptors (Lipinski definition) is 2. The van der Waals surface area contributed by atoms with Crippen molar-refractivity contribution in [2.45, 2.75) is 39.8 Å². The molecule has 0 atom stereocenters. The molecular formula is C14H22FNO. The van der Waals surface area contributed by atoms with Crippen LogP contribution < -0.4 is 5.73 Å². The minimum absolute atomic E-state index is 0.225. The van der Waals surface area contributed by atoms with Crippen molar-refractivity contribution >= 4 is 0 Å². The zero-order valence-corrected chi connectivity index (χ0v) is 10.7.